The van der Waals surface area contributed by atoms with Crippen molar-refractivity contribution in [2.45, 2.75) is 56.8 Å². The zero-order valence-corrected chi connectivity index (χ0v) is 21.4. The number of para-hydroxylation sites is 1. The number of hydrogen-bond acceptors (Lipinski definition) is 7. The molecule has 0 radical (unpaired) electrons. The Morgan fingerprint density at radius 1 is 1.21 bits per heavy atom. The topological polar surface area (TPSA) is 166 Å². The molecule has 2 saturated heterocycles. The van der Waals surface area contributed by atoms with Gasteiger partial charge in [-0.1, -0.05) is 12.1 Å². The second kappa shape index (κ2) is 11.9. The van der Waals surface area contributed by atoms with E-state index in [0.29, 0.717) is 18.5 Å². The fourth-order valence-corrected chi connectivity index (χ4v) is 4.98. The number of nitrogens with zero attached hydrogens (tertiary/aromatic N) is 3. The first-order valence-corrected chi connectivity index (χ1v) is 12.6. The van der Waals surface area contributed by atoms with Gasteiger partial charge in [0.25, 0.3) is 11.8 Å². The summed E-state index contributed by atoms with van der Waals surface area (Å²) in [6.07, 6.45) is 2.06. The number of hydrazine groups is 1. The van der Waals surface area contributed by atoms with Crippen LogP contribution in [0.4, 0.5) is 0 Å². The molecule has 4 rings (SSSR count). The minimum atomic E-state index is -1.28. The summed E-state index contributed by atoms with van der Waals surface area (Å²) in [5, 5.41) is 17.1. The third-order valence-electron chi connectivity index (χ3n) is 6.80. The van der Waals surface area contributed by atoms with Gasteiger partial charge < -0.3 is 25.3 Å². The maximum absolute atomic E-state index is 13.6. The number of nitrogens with one attached hydrogen (secondary N) is 2. The molecule has 0 spiro atoms. The number of aromatic nitrogens is 1. The summed E-state index contributed by atoms with van der Waals surface area (Å²) >= 11 is 0. The quantitative estimate of drug-likeness (QED) is 0.278. The largest absolute Gasteiger partial charge is 0.496 e. The second-order valence-electron chi connectivity index (χ2n) is 9.39. The first-order valence-electron chi connectivity index (χ1n) is 12.6. The maximum Gasteiger partial charge on any atom is 0.305 e. The number of hydrogen-bond donors (Lipinski definition) is 3. The van der Waals surface area contributed by atoms with Crippen LogP contribution in [-0.2, 0) is 35.3 Å². The number of carboxylic acids is 1. The average molecular weight is 541 g/mol. The molecule has 13 nitrogen and oxygen atoms in total. The molecule has 0 aliphatic carbocycles. The Bertz CT molecular complexity index is 1310. The van der Waals surface area contributed by atoms with Gasteiger partial charge in [0.15, 0.2) is 6.20 Å². The number of benzene rings is 1. The number of carbonyl (C=O) groups is 6. The van der Waals surface area contributed by atoms with Gasteiger partial charge in [0.05, 0.1) is 25.0 Å². The van der Waals surface area contributed by atoms with Gasteiger partial charge in [0.2, 0.25) is 23.9 Å². The fourth-order valence-electron chi connectivity index (χ4n) is 4.98. The molecular weight excluding hydrogens is 510 g/mol. The zero-order valence-electron chi connectivity index (χ0n) is 21.4. The fraction of sp³-hybridized carbons (Fsp3) is 0.423. The Kier molecular flexibility index (Phi) is 8.37. The van der Waals surface area contributed by atoms with Crippen molar-refractivity contribution in [2.75, 3.05) is 13.7 Å². The number of fused-ring (bicyclic) bond motifs is 2. The Balaban J connectivity index is 1.52. The van der Waals surface area contributed by atoms with Crippen molar-refractivity contribution in [3.05, 3.63) is 36.5 Å². The monoisotopic (exact) mass is 540 g/mol. The number of carboxylic acid groups (broad SMARTS) is 1. The maximum atomic E-state index is 13.6. The predicted molar refractivity (Wildman–Crippen MR) is 134 cm³/mol. The molecule has 39 heavy (non-hydrogen) atoms. The summed E-state index contributed by atoms with van der Waals surface area (Å²) in [4.78, 5) is 74.8. The average Bonchev–Trinajstić information content (AvgIpc) is 3.04. The van der Waals surface area contributed by atoms with Gasteiger partial charge in [-0.2, -0.15) is 4.57 Å². The normalized spacial score (nSPS) is 20.0. The lowest BCUT2D eigenvalue weighted by Gasteiger charge is -2.43. The lowest BCUT2D eigenvalue weighted by molar-refractivity contribution is -0.658. The summed E-state index contributed by atoms with van der Waals surface area (Å²) in [6.45, 7) is 0.112. The smallest absolute Gasteiger partial charge is 0.305 e. The molecule has 2 aliphatic rings. The molecule has 4 amide bonds. The number of pyridine rings is 1. The van der Waals surface area contributed by atoms with Crippen molar-refractivity contribution >= 4 is 46.8 Å². The zero-order chi connectivity index (χ0) is 28.1. The van der Waals surface area contributed by atoms with Crippen molar-refractivity contribution < 1.29 is 43.2 Å². The van der Waals surface area contributed by atoms with E-state index in [-0.39, 0.29) is 38.3 Å². The number of carbonyl (C=O) groups excluding carboxylic acids is 5. The molecule has 3 atom stereocenters. The molecule has 0 unspecified atom stereocenters. The van der Waals surface area contributed by atoms with Crippen LogP contribution in [0.2, 0.25) is 0 Å². The standard InChI is InChI=1S/C26H29N5O8/c1-39-21-10-12-29(19-6-3-2-5-17(19)21)14-22(33)28-18-8-9-23(34)30-11-4-7-20(31(30)26(18)38)25(37)27-16(15-32)13-24(35)36/h2-3,5-6,10,12,15-16,18,20H,4,7-9,11,13-14H2,1H3,(H2-,27,28,33,35,36,37)/p+1/t16-,18-,20-/m0/s1. The van der Waals surface area contributed by atoms with Crippen molar-refractivity contribution in [3.8, 4) is 5.75 Å². The van der Waals surface area contributed by atoms with Gasteiger partial charge in [0.1, 0.15) is 24.1 Å². The molecule has 2 fully saturated rings. The summed E-state index contributed by atoms with van der Waals surface area (Å²) in [7, 11) is 1.56. The molecule has 1 aromatic carbocycles. The van der Waals surface area contributed by atoms with Crippen LogP contribution >= 0.6 is 0 Å². The van der Waals surface area contributed by atoms with Gasteiger partial charge in [-0.15, -0.1) is 0 Å². The summed E-state index contributed by atoms with van der Waals surface area (Å²) in [6, 6.07) is 5.64. The number of amides is 4. The summed E-state index contributed by atoms with van der Waals surface area (Å²) in [5.41, 5.74) is 0.749. The summed E-state index contributed by atoms with van der Waals surface area (Å²) < 4.78 is 7.11. The van der Waals surface area contributed by atoms with Crippen molar-refractivity contribution in [1.82, 2.24) is 20.7 Å². The Morgan fingerprint density at radius 2 is 1.97 bits per heavy atom. The lowest BCUT2D eigenvalue weighted by Crippen LogP contribution is -2.64. The van der Waals surface area contributed by atoms with Crippen molar-refractivity contribution in [1.29, 1.82) is 0 Å². The lowest BCUT2D eigenvalue weighted by atomic mass is 10.0. The van der Waals surface area contributed by atoms with Gasteiger partial charge in [-0.25, -0.2) is 5.01 Å². The van der Waals surface area contributed by atoms with Crippen LogP contribution in [-0.4, -0.2) is 82.8 Å². The number of rotatable bonds is 9. The molecule has 3 N–H and O–H groups in total. The Hall–Kier alpha value is -4.55. The highest BCUT2D eigenvalue weighted by Gasteiger charge is 2.45. The van der Waals surface area contributed by atoms with Crippen LogP contribution in [0.1, 0.15) is 32.1 Å². The molecule has 1 aromatic heterocycles. The van der Waals surface area contributed by atoms with E-state index in [2.05, 4.69) is 10.6 Å². The SMILES string of the molecule is COc1cc[n+](CC(=O)N[C@H]2CCC(=O)N3CCC[C@@H](C(=O)N[C@H](C=O)CC(=O)O)N3C2=O)c2ccccc12. The number of ether oxygens (including phenoxy) is 1. The molecule has 3 heterocycles. The van der Waals surface area contributed by atoms with Crippen molar-refractivity contribution in [3.63, 3.8) is 0 Å². The predicted octanol–water partition coefficient (Wildman–Crippen LogP) is -0.692. The minimum Gasteiger partial charge on any atom is -0.496 e. The third kappa shape index (κ3) is 5.97. The van der Waals surface area contributed by atoms with E-state index >= 15 is 0 Å². The first-order chi connectivity index (χ1) is 18.7. The first kappa shape index (κ1) is 27.5. The molecule has 13 heteroatoms. The van der Waals surface area contributed by atoms with Gasteiger partial charge in [-0.3, -0.25) is 29.0 Å². The van der Waals surface area contributed by atoms with E-state index in [1.807, 2.05) is 24.3 Å². The van der Waals surface area contributed by atoms with Gasteiger partial charge >= 0.3 is 5.97 Å². The minimum absolute atomic E-state index is 0.0177. The van der Waals surface area contributed by atoms with E-state index in [0.717, 1.165) is 15.9 Å². The van der Waals surface area contributed by atoms with E-state index in [9.17, 15) is 28.8 Å². The van der Waals surface area contributed by atoms with Crippen LogP contribution in [0.5, 0.6) is 5.75 Å². The number of aliphatic carboxylic acids is 1. The van der Waals surface area contributed by atoms with Crippen LogP contribution in [0, 0.1) is 0 Å². The molecular formula is C26H30N5O8+. The Labute approximate surface area is 223 Å². The van der Waals surface area contributed by atoms with Crippen LogP contribution in [0.3, 0.4) is 0 Å². The highest BCUT2D eigenvalue weighted by atomic mass is 16.5. The molecule has 0 saturated carbocycles. The molecule has 0 bridgehead atoms. The van der Waals surface area contributed by atoms with Crippen molar-refractivity contribution in [2.24, 2.45) is 0 Å². The molecule has 206 valence electrons. The van der Waals surface area contributed by atoms with E-state index < -0.39 is 48.2 Å². The van der Waals surface area contributed by atoms with E-state index in [1.165, 1.54) is 5.01 Å². The van der Waals surface area contributed by atoms with Crippen LogP contribution < -0.4 is 19.9 Å². The van der Waals surface area contributed by atoms with E-state index in [1.54, 1.807) is 23.9 Å². The highest BCUT2D eigenvalue weighted by molar-refractivity contribution is 5.96. The van der Waals surface area contributed by atoms with Gasteiger partial charge in [0, 0.05) is 25.1 Å². The Morgan fingerprint density at radius 3 is 2.69 bits per heavy atom. The van der Waals surface area contributed by atoms with E-state index in [4.69, 9.17) is 9.84 Å². The van der Waals surface area contributed by atoms with Crippen LogP contribution in [0.15, 0.2) is 36.5 Å². The van der Waals surface area contributed by atoms with Gasteiger partial charge in [-0.05, 0) is 25.3 Å². The number of methoxy groups -OCH3 is 1. The molecule has 2 aromatic rings. The molecule has 2 aliphatic heterocycles. The second-order valence-corrected chi connectivity index (χ2v) is 9.39. The summed E-state index contributed by atoms with van der Waals surface area (Å²) in [5.74, 6) is -2.83. The highest BCUT2D eigenvalue weighted by Crippen LogP contribution is 2.25. The number of aldehydes is 1. The van der Waals surface area contributed by atoms with Crippen LogP contribution in [0.25, 0.3) is 10.9 Å². The third-order valence-corrected chi connectivity index (χ3v) is 6.80.